The Labute approximate surface area is 64.3 Å². The summed E-state index contributed by atoms with van der Waals surface area (Å²) >= 11 is 1.44. The van der Waals surface area contributed by atoms with E-state index in [1.54, 1.807) is 6.08 Å². The van der Waals surface area contributed by atoms with Gasteiger partial charge in [0.15, 0.2) is 0 Å². The number of hydrogen-bond acceptors (Lipinski definition) is 1. The number of aliphatic hydroxyl groups excluding tert-OH is 1. The predicted molar refractivity (Wildman–Crippen MR) is 30.0 cm³/mol. The van der Waals surface area contributed by atoms with Crippen LogP contribution >= 0.6 is 0 Å². The second kappa shape index (κ2) is 3.85. The summed E-state index contributed by atoms with van der Waals surface area (Å²) < 4.78 is 0.877. The van der Waals surface area contributed by atoms with Crippen LogP contribution in [0.1, 0.15) is 0 Å². The van der Waals surface area contributed by atoms with E-state index in [1.807, 2.05) is 0 Å². The van der Waals surface area contributed by atoms with E-state index in [9.17, 15) is 0 Å². The van der Waals surface area contributed by atoms with Crippen molar-refractivity contribution in [1.29, 1.82) is 0 Å². The van der Waals surface area contributed by atoms with E-state index in [0.717, 1.165) is 3.28 Å². The molecule has 0 aliphatic rings. The van der Waals surface area contributed by atoms with E-state index in [1.165, 1.54) is 30.8 Å². The molecule has 44 valence electrons. The maximum atomic E-state index is 8.72. The van der Waals surface area contributed by atoms with Gasteiger partial charge in [0, 0.05) is 0 Å². The second-order valence-electron chi connectivity index (χ2n) is 1.22. The summed E-state index contributed by atoms with van der Waals surface area (Å²) in [7, 11) is 0. The average Bonchev–Trinajstić information content (AvgIpc) is 1.65. The van der Waals surface area contributed by atoms with Gasteiger partial charge in [0.05, 0.1) is 0 Å². The summed E-state index contributed by atoms with van der Waals surface area (Å²) in [6, 6.07) is 0. The SMILES string of the molecule is C=C/C(O)=C\C(=C)[At]. The van der Waals surface area contributed by atoms with Crippen molar-refractivity contribution >= 4 is 0 Å². The van der Waals surface area contributed by atoms with Crippen LogP contribution in [0.25, 0.3) is 0 Å². The topological polar surface area (TPSA) is 20.2 Å². The molecule has 0 saturated carbocycles. The Kier molecular flexibility index (Phi) is 3.80. The van der Waals surface area contributed by atoms with Crippen LogP contribution in [0.4, 0.5) is 0 Å². The average molecular weight is 305 g/mol. The van der Waals surface area contributed by atoms with Gasteiger partial charge in [-0.15, -0.1) is 0 Å². The zero-order valence-corrected chi connectivity index (χ0v) is 7.33. The summed E-state index contributed by atoms with van der Waals surface area (Å²) in [4.78, 5) is 0. The van der Waals surface area contributed by atoms with Crippen LogP contribution < -0.4 is 0 Å². The van der Waals surface area contributed by atoms with Gasteiger partial charge in [0.1, 0.15) is 0 Å². The Bertz CT molecular complexity index is 135. The molecule has 0 spiro atoms. The fourth-order valence-corrected chi connectivity index (χ4v) is 0.654. The molecule has 0 aromatic carbocycles. The quantitative estimate of drug-likeness (QED) is 0.608. The molecular formula is C6H7AtO. The first kappa shape index (κ1) is 7.90. The van der Waals surface area contributed by atoms with Crippen molar-refractivity contribution in [2.75, 3.05) is 0 Å². The first-order chi connectivity index (χ1) is 3.66. The maximum absolute atomic E-state index is 8.72. The summed E-state index contributed by atoms with van der Waals surface area (Å²) in [6.07, 6.45) is 2.95. The van der Waals surface area contributed by atoms with Crippen molar-refractivity contribution < 1.29 is 29.8 Å². The van der Waals surface area contributed by atoms with E-state index in [4.69, 9.17) is 5.11 Å². The minimum absolute atomic E-state index is 0.178. The normalized spacial score (nSPS) is 10.9. The van der Waals surface area contributed by atoms with Crippen LogP contribution in [0.3, 0.4) is 0 Å². The Hall–Kier alpha value is -0.0969. The Balaban J connectivity index is 3.94. The molecule has 0 rings (SSSR count). The molecule has 0 aromatic rings. The number of allylic oxidation sites excluding steroid dienone is 3. The van der Waals surface area contributed by atoms with Gasteiger partial charge < -0.3 is 0 Å². The molecule has 0 fully saturated rings. The van der Waals surface area contributed by atoms with Crippen LogP contribution in [-0.4, -0.2) is 5.11 Å². The van der Waals surface area contributed by atoms with Crippen LogP contribution in [0.15, 0.2) is 34.4 Å². The zero-order chi connectivity index (χ0) is 6.57. The van der Waals surface area contributed by atoms with E-state index < -0.39 is 0 Å². The van der Waals surface area contributed by atoms with E-state index in [-0.39, 0.29) is 5.76 Å². The molecule has 0 aliphatic carbocycles. The molecule has 0 aromatic heterocycles. The summed E-state index contributed by atoms with van der Waals surface area (Å²) in [5.41, 5.74) is 0. The monoisotopic (exact) mass is 305 g/mol. The third kappa shape index (κ3) is 4.07. The first-order valence-corrected chi connectivity index (χ1v) is 3.51. The zero-order valence-electron chi connectivity index (χ0n) is 4.39. The van der Waals surface area contributed by atoms with Crippen molar-refractivity contribution in [3.8, 4) is 0 Å². The molecule has 0 radical (unpaired) electrons. The predicted octanol–water partition coefficient (Wildman–Crippen LogP) is 1.68. The van der Waals surface area contributed by atoms with Crippen molar-refractivity contribution in [3.05, 3.63) is 34.4 Å². The van der Waals surface area contributed by atoms with Gasteiger partial charge in [-0.05, 0) is 0 Å². The number of rotatable bonds is 2. The molecule has 1 N–H and O–H groups in total. The molecule has 8 heavy (non-hydrogen) atoms. The third-order valence-electron chi connectivity index (χ3n) is 0.514. The summed E-state index contributed by atoms with van der Waals surface area (Å²) in [5, 5.41) is 8.72. The van der Waals surface area contributed by atoms with Crippen molar-refractivity contribution in [2.24, 2.45) is 0 Å². The molecule has 0 aliphatic heterocycles. The van der Waals surface area contributed by atoms with Crippen molar-refractivity contribution in [3.63, 3.8) is 0 Å². The van der Waals surface area contributed by atoms with Gasteiger partial charge in [0.2, 0.25) is 0 Å². The molecule has 0 bridgehead atoms. The molecule has 0 unspecified atom stereocenters. The van der Waals surface area contributed by atoms with Gasteiger partial charge in [-0.2, -0.15) is 0 Å². The fraction of sp³-hybridized carbons (Fsp3) is 0. The Morgan fingerprint density at radius 3 is 2.25 bits per heavy atom. The molecule has 0 saturated heterocycles. The standard InChI is InChI=1S/C6H7AtO/c1-3-6(8)4-5(2)7/h3-4,8H,1-2H2/b6-4+. The van der Waals surface area contributed by atoms with Crippen LogP contribution in [-0.2, 0) is 0 Å². The van der Waals surface area contributed by atoms with Gasteiger partial charge in [-0.3, -0.25) is 0 Å². The summed E-state index contributed by atoms with van der Waals surface area (Å²) in [6.45, 7) is 6.94. The molecule has 1 nitrogen and oxygen atoms in total. The second-order valence-corrected chi connectivity index (χ2v) is 3.11. The fourth-order valence-electron chi connectivity index (χ4n) is 0.219. The van der Waals surface area contributed by atoms with Crippen molar-refractivity contribution in [2.45, 2.75) is 0 Å². The van der Waals surface area contributed by atoms with E-state index >= 15 is 0 Å². The molecule has 2 heteroatoms. The Morgan fingerprint density at radius 2 is 2.12 bits per heavy atom. The minimum atomic E-state index is 0.178. The third-order valence-corrected chi connectivity index (χ3v) is 0.938. The number of aliphatic hydroxyl groups is 1. The summed E-state index contributed by atoms with van der Waals surface area (Å²) in [5.74, 6) is 0.178. The van der Waals surface area contributed by atoms with Crippen molar-refractivity contribution in [1.82, 2.24) is 0 Å². The van der Waals surface area contributed by atoms with Gasteiger partial charge in [-0.25, -0.2) is 0 Å². The first-order valence-electron chi connectivity index (χ1n) is 2.04. The van der Waals surface area contributed by atoms with E-state index in [2.05, 4.69) is 13.2 Å². The van der Waals surface area contributed by atoms with Crippen LogP contribution in [0, 0.1) is 24.7 Å². The van der Waals surface area contributed by atoms with Gasteiger partial charge >= 0.3 is 64.2 Å². The molecule has 0 heterocycles. The molecule has 0 atom stereocenters. The van der Waals surface area contributed by atoms with Gasteiger partial charge in [-0.1, -0.05) is 0 Å². The van der Waals surface area contributed by atoms with Crippen LogP contribution in [0.5, 0.6) is 0 Å². The van der Waals surface area contributed by atoms with Gasteiger partial charge in [0.25, 0.3) is 0 Å². The Morgan fingerprint density at radius 1 is 1.62 bits per heavy atom. The van der Waals surface area contributed by atoms with E-state index in [0.29, 0.717) is 0 Å². The number of hydrogen-bond donors (Lipinski definition) is 1. The van der Waals surface area contributed by atoms with Crippen LogP contribution in [0.2, 0.25) is 0 Å². The molecular weight excluding hydrogens is 298 g/mol. The molecule has 0 amide bonds.